The van der Waals surface area contributed by atoms with Crippen molar-refractivity contribution in [2.24, 2.45) is 0 Å². The Bertz CT molecular complexity index is 517. The van der Waals surface area contributed by atoms with E-state index < -0.39 is 0 Å². The molecule has 2 nitrogen and oxygen atoms in total. The van der Waals surface area contributed by atoms with Gasteiger partial charge in [0.05, 0.1) is 0 Å². The van der Waals surface area contributed by atoms with E-state index in [9.17, 15) is 0 Å². The van der Waals surface area contributed by atoms with Crippen LogP contribution in [0.25, 0.3) is 0 Å². The first-order valence-electron chi connectivity index (χ1n) is 9.17. The number of ether oxygens (including phenoxy) is 1. The molecule has 2 aliphatic rings. The van der Waals surface area contributed by atoms with Crippen molar-refractivity contribution in [3.05, 3.63) is 28.8 Å². The zero-order valence-corrected chi connectivity index (χ0v) is 14.5. The summed E-state index contributed by atoms with van der Waals surface area (Å²) in [6.07, 6.45) is 10.1. The van der Waals surface area contributed by atoms with Crippen molar-refractivity contribution >= 4 is 0 Å². The molecule has 0 aromatic heterocycles. The number of hydrogen-bond acceptors (Lipinski definition) is 2. The summed E-state index contributed by atoms with van der Waals surface area (Å²) in [5.41, 5.74) is 4.14. The lowest BCUT2D eigenvalue weighted by molar-refractivity contribution is -0.00332. The van der Waals surface area contributed by atoms with Crippen LogP contribution in [0.15, 0.2) is 12.1 Å². The fraction of sp³-hybridized carbons (Fsp3) is 0.700. The first-order chi connectivity index (χ1) is 10.6. The van der Waals surface area contributed by atoms with Crippen LogP contribution in [0.5, 0.6) is 5.75 Å². The summed E-state index contributed by atoms with van der Waals surface area (Å²) in [7, 11) is 0. The molecule has 1 N–H and O–H groups in total. The van der Waals surface area contributed by atoms with Gasteiger partial charge < -0.3 is 10.1 Å². The van der Waals surface area contributed by atoms with Gasteiger partial charge in [-0.15, -0.1) is 0 Å². The molecule has 1 aromatic rings. The van der Waals surface area contributed by atoms with Gasteiger partial charge in [0.15, 0.2) is 0 Å². The largest absolute Gasteiger partial charge is 0.487 e. The summed E-state index contributed by atoms with van der Waals surface area (Å²) in [4.78, 5) is 0. The first kappa shape index (κ1) is 15.9. The third kappa shape index (κ3) is 3.17. The van der Waals surface area contributed by atoms with E-state index in [4.69, 9.17) is 4.74 Å². The second kappa shape index (κ2) is 6.62. The Morgan fingerprint density at radius 2 is 1.95 bits per heavy atom. The van der Waals surface area contributed by atoms with Crippen molar-refractivity contribution in [1.82, 2.24) is 5.32 Å². The van der Waals surface area contributed by atoms with Crippen molar-refractivity contribution in [3.8, 4) is 5.75 Å². The molecule has 122 valence electrons. The summed E-state index contributed by atoms with van der Waals surface area (Å²) in [5.74, 6) is 1.17. The highest BCUT2D eigenvalue weighted by Crippen LogP contribution is 2.47. The molecular formula is C20H31NO. The second-order valence-electron chi connectivity index (χ2n) is 7.41. The topological polar surface area (TPSA) is 21.3 Å². The molecule has 0 radical (unpaired) electrons. The second-order valence-corrected chi connectivity index (χ2v) is 7.41. The van der Waals surface area contributed by atoms with Gasteiger partial charge in [-0.2, -0.15) is 0 Å². The Morgan fingerprint density at radius 1 is 1.18 bits per heavy atom. The molecule has 0 saturated heterocycles. The summed E-state index contributed by atoms with van der Waals surface area (Å²) >= 11 is 0. The van der Waals surface area contributed by atoms with Crippen LogP contribution in [0.3, 0.4) is 0 Å². The molecule has 1 aromatic carbocycles. The van der Waals surface area contributed by atoms with Crippen LogP contribution in [0.2, 0.25) is 0 Å². The lowest BCUT2D eigenvalue weighted by Crippen LogP contribution is -2.46. The Labute approximate surface area is 135 Å². The van der Waals surface area contributed by atoms with Crippen LogP contribution >= 0.6 is 0 Å². The van der Waals surface area contributed by atoms with E-state index in [2.05, 4.69) is 38.2 Å². The quantitative estimate of drug-likeness (QED) is 0.770. The zero-order valence-electron chi connectivity index (χ0n) is 14.5. The van der Waals surface area contributed by atoms with Gasteiger partial charge in [0.1, 0.15) is 11.4 Å². The molecule has 1 saturated carbocycles. The molecule has 2 heteroatoms. The SMILES string of the molecule is CCCCNC1CC2(CCCCC2)Oc2c(C)cc(C)cc21. The molecule has 1 atom stereocenters. The molecule has 0 amide bonds. The maximum Gasteiger partial charge on any atom is 0.127 e. The summed E-state index contributed by atoms with van der Waals surface area (Å²) in [5, 5.41) is 3.82. The number of rotatable bonds is 4. The van der Waals surface area contributed by atoms with Crippen molar-refractivity contribution < 1.29 is 4.74 Å². The normalized spacial score (nSPS) is 23.1. The van der Waals surface area contributed by atoms with Gasteiger partial charge in [-0.3, -0.25) is 0 Å². The van der Waals surface area contributed by atoms with Gasteiger partial charge in [0.25, 0.3) is 0 Å². The van der Waals surface area contributed by atoms with Gasteiger partial charge in [-0.05, 0) is 58.1 Å². The Kier molecular flexibility index (Phi) is 4.77. The number of hydrogen-bond donors (Lipinski definition) is 1. The van der Waals surface area contributed by atoms with Crippen molar-refractivity contribution in [1.29, 1.82) is 0 Å². The minimum atomic E-state index is 0.0924. The Morgan fingerprint density at radius 3 is 2.68 bits per heavy atom. The van der Waals surface area contributed by atoms with Crippen molar-refractivity contribution in [3.63, 3.8) is 0 Å². The molecule has 3 rings (SSSR count). The molecule has 0 bridgehead atoms. The smallest absolute Gasteiger partial charge is 0.127 e. The minimum absolute atomic E-state index is 0.0924. The Hall–Kier alpha value is -1.02. The maximum atomic E-state index is 6.64. The van der Waals surface area contributed by atoms with E-state index in [1.165, 1.54) is 67.4 Å². The van der Waals surface area contributed by atoms with Gasteiger partial charge in [0.2, 0.25) is 0 Å². The molecule has 22 heavy (non-hydrogen) atoms. The van der Waals surface area contributed by atoms with E-state index in [-0.39, 0.29) is 5.60 Å². The third-order valence-electron chi connectivity index (χ3n) is 5.40. The first-order valence-corrected chi connectivity index (χ1v) is 9.17. The van der Waals surface area contributed by atoms with Crippen molar-refractivity contribution in [2.75, 3.05) is 6.54 Å². The molecule has 1 aliphatic heterocycles. The van der Waals surface area contributed by atoms with Crippen LogP contribution < -0.4 is 10.1 Å². The van der Waals surface area contributed by atoms with Gasteiger partial charge in [-0.25, -0.2) is 0 Å². The lowest BCUT2D eigenvalue weighted by atomic mass is 9.76. The van der Waals surface area contributed by atoms with E-state index in [1.54, 1.807) is 0 Å². The Balaban J connectivity index is 1.91. The summed E-state index contributed by atoms with van der Waals surface area (Å²) < 4.78 is 6.64. The summed E-state index contributed by atoms with van der Waals surface area (Å²) in [6.45, 7) is 7.78. The molecule has 1 unspecified atom stereocenters. The molecule has 1 spiro atoms. The highest BCUT2D eigenvalue weighted by atomic mass is 16.5. The molecule has 1 heterocycles. The van der Waals surface area contributed by atoms with Crippen LogP contribution in [0.1, 0.15) is 81.0 Å². The third-order valence-corrected chi connectivity index (χ3v) is 5.40. The van der Waals surface area contributed by atoms with Gasteiger partial charge >= 0.3 is 0 Å². The van der Waals surface area contributed by atoms with E-state index in [0.29, 0.717) is 6.04 Å². The van der Waals surface area contributed by atoms with E-state index >= 15 is 0 Å². The number of nitrogens with one attached hydrogen (secondary N) is 1. The fourth-order valence-electron chi connectivity index (χ4n) is 4.26. The fourth-order valence-corrected chi connectivity index (χ4v) is 4.26. The lowest BCUT2D eigenvalue weighted by Gasteiger charge is -2.45. The van der Waals surface area contributed by atoms with Crippen molar-refractivity contribution in [2.45, 2.75) is 83.8 Å². The molecule has 1 fully saturated rings. The predicted molar refractivity (Wildman–Crippen MR) is 92.6 cm³/mol. The minimum Gasteiger partial charge on any atom is -0.487 e. The average molecular weight is 301 g/mol. The number of unbranched alkanes of at least 4 members (excludes halogenated alkanes) is 1. The maximum absolute atomic E-state index is 6.64. The zero-order chi connectivity index (χ0) is 15.6. The monoisotopic (exact) mass is 301 g/mol. The van der Waals surface area contributed by atoms with Gasteiger partial charge in [0, 0.05) is 18.0 Å². The molecular weight excluding hydrogens is 270 g/mol. The average Bonchev–Trinajstić information content (AvgIpc) is 2.50. The predicted octanol–water partition coefficient (Wildman–Crippen LogP) is 5.22. The highest BCUT2D eigenvalue weighted by molar-refractivity contribution is 5.47. The standard InChI is InChI=1S/C20H31NO/c1-4-5-11-21-18-14-20(9-7-6-8-10-20)22-19-16(3)12-15(2)13-17(18)19/h12-13,18,21H,4-11,14H2,1-3H3. The number of aryl methyl sites for hydroxylation is 2. The van der Waals surface area contributed by atoms with Crippen LogP contribution in [-0.2, 0) is 0 Å². The number of benzene rings is 1. The van der Waals surface area contributed by atoms with Gasteiger partial charge in [-0.1, -0.05) is 37.5 Å². The molecule has 1 aliphatic carbocycles. The van der Waals surface area contributed by atoms with E-state index in [1.807, 2.05) is 0 Å². The number of fused-ring (bicyclic) bond motifs is 1. The van der Waals surface area contributed by atoms with Crippen LogP contribution in [0.4, 0.5) is 0 Å². The van der Waals surface area contributed by atoms with Crippen LogP contribution in [-0.4, -0.2) is 12.1 Å². The van der Waals surface area contributed by atoms with E-state index in [0.717, 1.165) is 13.0 Å². The summed E-state index contributed by atoms with van der Waals surface area (Å²) in [6, 6.07) is 5.07. The highest BCUT2D eigenvalue weighted by Gasteiger charge is 2.42. The van der Waals surface area contributed by atoms with Crippen LogP contribution in [0, 0.1) is 13.8 Å².